The maximum absolute atomic E-state index is 11.5. The molecule has 0 aliphatic carbocycles. The largest absolute Gasteiger partial charge is 0.392 e. The van der Waals surface area contributed by atoms with Gasteiger partial charge in [0.1, 0.15) is 0 Å². The first-order chi connectivity index (χ1) is 8.47. The fraction of sp³-hybridized carbons (Fsp3) is 0.923. The van der Waals surface area contributed by atoms with Gasteiger partial charge < -0.3 is 15.3 Å². The molecule has 0 bridgehead atoms. The molecule has 0 spiro atoms. The van der Waals surface area contributed by atoms with E-state index in [0.29, 0.717) is 6.42 Å². The summed E-state index contributed by atoms with van der Waals surface area (Å²) in [5, 5.41) is 12.2. The van der Waals surface area contributed by atoms with Crippen molar-refractivity contribution in [1.29, 1.82) is 0 Å². The fourth-order valence-electron chi connectivity index (χ4n) is 2.22. The van der Waals surface area contributed by atoms with Crippen molar-refractivity contribution in [2.75, 3.05) is 39.3 Å². The highest BCUT2D eigenvalue weighted by Crippen LogP contribution is 2.03. The monoisotopic (exact) mass is 257 g/mol. The van der Waals surface area contributed by atoms with Crippen LogP contribution in [0.1, 0.15) is 27.2 Å². The van der Waals surface area contributed by atoms with Crippen LogP contribution in [0.2, 0.25) is 0 Å². The Hall–Kier alpha value is -0.650. The fourth-order valence-corrected chi connectivity index (χ4v) is 2.22. The van der Waals surface area contributed by atoms with Gasteiger partial charge in [-0.3, -0.25) is 9.69 Å². The van der Waals surface area contributed by atoms with Crippen LogP contribution in [-0.2, 0) is 4.79 Å². The van der Waals surface area contributed by atoms with Crippen LogP contribution in [-0.4, -0.2) is 72.2 Å². The summed E-state index contributed by atoms with van der Waals surface area (Å²) >= 11 is 0. The highest BCUT2D eigenvalue weighted by Gasteiger charge is 2.18. The number of aliphatic hydroxyl groups is 1. The highest BCUT2D eigenvalue weighted by atomic mass is 16.3. The van der Waals surface area contributed by atoms with Gasteiger partial charge in [-0.2, -0.15) is 0 Å². The minimum atomic E-state index is -0.256. The molecule has 0 aromatic carbocycles. The van der Waals surface area contributed by atoms with Gasteiger partial charge in [0.2, 0.25) is 5.91 Å². The molecule has 1 atom stereocenters. The smallest absolute Gasteiger partial charge is 0.221 e. The van der Waals surface area contributed by atoms with E-state index in [2.05, 4.69) is 15.1 Å². The molecule has 1 fully saturated rings. The number of nitrogens with zero attached hydrogens (tertiary/aromatic N) is 2. The molecule has 18 heavy (non-hydrogen) atoms. The van der Waals surface area contributed by atoms with Crippen molar-refractivity contribution >= 4 is 5.91 Å². The molecule has 1 heterocycles. The first-order valence-electron chi connectivity index (χ1n) is 6.89. The number of hydrogen-bond donors (Lipinski definition) is 2. The number of nitrogens with one attached hydrogen (secondary N) is 1. The summed E-state index contributed by atoms with van der Waals surface area (Å²) in [6.45, 7) is 11.3. The number of piperazine rings is 1. The van der Waals surface area contributed by atoms with Gasteiger partial charge in [-0.05, 0) is 20.8 Å². The third-order valence-corrected chi connectivity index (χ3v) is 3.09. The van der Waals surface area contributed by atoms with Gasteiger partial charge in [-0.15, -0.1) is 0 Å². The second-order valence-electron chi connectivity index (χ2n) is 5.46. The van der Waals surface area contributed by atoms with Crippen LogP contribution in [0, 0.1) is 0 Å². The van der Waals surface area contributed by atoms with Gasteiger partial charge in [-0.1, -0.05) is 0 Å². The van der Waals surface area contributed by atoms with E-state index in [1.165, 1.54) is 0 Å². The molecule has 1 aliphatic heterocycles. The Morgan fingerprint density at radius 1 is 1.17 bits per heavy atom. The Labute approximate surface area is 110 Å². The standard InChI is InChI=1S/C13H27N3O2/c1-11(2)14-13(18)4-5-15-6-8-16(9-7-15)10-12(3)17/h11-12,17H,4-10H2,1-3H3,(H,14,18)/t12-/m1/s1. The van der Waals surface area contributed by atoms with Crippen molar-refractivity contribution in [1.82, 2.24) is 15.1 Å². The van der Waals surface area contributed by atoms with E-state index >= 15 is 0 Å². The summed E-state index contributed by atoms with van der Waals surface area (Å²) in [5.41, 5.74) is 0. The summed E-state index contributed by atoms with van der Waals surface area (Å²) in [4.78, 5) is 16.1. The normalized spacial score (nSPS) is 20.1. The molecule has 0 unspecified atom stereocenters. The Morgan fingerprint density at radius 3 is 2.22 bits per heavy atom. The molecule has 5 heteroatoms. The van der Waals surface area contributed by atoms with E-state index in [1.54, 1.807) is 0 Å². The molecule has 1 rings (SSSR count). The Morgan fingerprint density at radius 2 is 1.72 bits per heavy atom. The van der Waals surface area contributed by atoms with Crippen molar-refractivity contribution < 1.29 is 9.90 Å². The van der Waals surface area contributed by atoms with Crippen LogP contribution in [0.4, 0.5) is 0 Å². The average Bonchev–Trinajstić information content (AvgIpc) is 2.26. The van der Waals surface area contributed by atoms with Crippen molar-refractivity contribution in [2.24, 2.45) is 0 Å². The number of aliphatic hydroxyl groups excluding tert-OH is 1. The molecule has 2 N–H and O–H groups in total. The number of rotatable bonds is 6. The van der Waals surface area contributed by atoms with Gasteiger partial charge in [0.25, 0.3) is 0 Å². The Kier molecular flexibility index (Phi) is 6.60. The SMILES string of the molecule is CC(C)NC(=O)CCN1CCN(C[C@@H](C)O)CC1. The second kappa shape index (κ2) is 7.71. The lowest BCUT2D eigenvalue weighted by Crippen LogP contribution is -2.49. The predicted molar refractivity (Wildman–Crippen MR) is 72.5 cm³/mol. The number of β-amino-alcohol motifs (C(OH)–C–C–N with tert-alkyl or cyclic N) is 1. The zero-order chi connectivity index (χ0) is 13.5. The van der Waals surface area contributed by atoms with Crippen molar-refractivity contribution in [2.45, 2.75) is 39.3 Å². The van der Waals surface area contributed by atoms with Crippen molar-refractivity contribution in [3.8, 4) is 0 Å². The van der Waals surface area contributed by atoms with E-state index < -0.39 is 0 Å². The van der Waals surface area contributed by atoms with E-state index in [-0.39, 0.29) is 18.1 Å². The molecule has 1 amide bonds. The molecular formula is C13H27N3O2. The van der Waals surface area contributed by atoms with Crippen LogP contribution >= 0.6 is 0 Å². The molecule has 5 nitrogen and oxygen atoms in total. The average molecular weight is 257 g/mol. The second-order valence-corrected chi connectivity index (χ2v) is 5.46. The molecule has 0 aromatic heterocycles. The first-order valence-corrected chi connectivity index (χ1v) is 6.89. The predicted octanol–water partition coefficient (Wildman–Crippen LogP) is -0.100. The molecule has 1 aliphatic rings. The van der Waals surface area contributed by atoms with E-state index in [1.807, 2.05) is 20.8 Å². The summed E-state index contributed by atoms with van der Waals surface area (Å²) in [7, 11) is 0. The maximum atomic E-state index is 11.5. The third kappa shape index (κ3) is 6.33. The minimum Gasteiger partial charge on any atom is -0.392 e. The molecular weight excluding hydrogens is 230 g/mol. The maximum Gasteiger partial charge on any atom is 0.221 e. The quantitative estimate of drug-likeness (QED) is 0.698. The molecule has 0 aromatic rings. The van der Waals surface area contributed by atoms with Gasteiger partial charge in [0.15, 0.2) is 0 Å². The number of hydrogen-bond acceptors (Lipinski definition) is 4. The lowest BCUT2D eigenvalue weighted by Gasteiger charge is -2.35. The Balaban J connectivity index is 2.14. The third-order valence-electron chi connectivity index (χ3n) is 3.09. The lowest BCUT2D eigenvalue weighted by molar-refractivity contribution is -0.122. The Bertz CT molecular complexity index is 249. The van der Waals surface area contributed by atoms with Gasteiger partial charge in [0.05, 0.1) is 6.10 Å². The van der Waals surface area contributed by atoms with Crippen LogP contribution in [0.5, 0.6) is 0 Å². The number of amides is 1. The van der Waals surface area contributed by atoms with E-state index in [0.717, 1.165) is 39.3 Å². The highest BCUT2D eigenvalue weighted by molar-refractivity contribution is 5.76. The zero-order valence-corrected chi connectivity index (χ0v) is 11.9. The van der Waals surface area contributed by atoms with Crippen molar-refractivity contribution in [3.05, 3.63) is 0 Å². The summed E-state index contributed by atoms with van der Waals surface area (Å²) in [6.07, 6.45) is 0.322. The van der Waals surface area contributed by atoms with E-state index in [4.69, 9.17) is 0 Å². The minimum absolute atomic E-state index is 0.136. The molecule has 0 radical (unpaired) electrons. The number of carbonyl (C=O) groups is 1. The molecule has 106 valence electrons. The molecule has 1 saturated heterocycles. The lowest BCUT2D eigenvalue weighted by atomic mass is 10.2. The van der Waals surface area contributed by atoms with E-state index in [9.17, 15) is 9.90 Å². The summed E-state index contributed by atoms with van der Waals surface area (Å²) in [5.74, 6) is 0.136. The summed E-state index contributed by atoms with van der Waals surface area (Å²) in [6, 6.07) is 0.223. The van der Waals surface area contributed by atoms with Crippen LogP contribution in [0.15, 0.2) is 0 Å². The zero-order valence-electron chi connectivity index (χ0n) is 11.9. The first kappa shape index (κ1) is 15.4. The van der Waals surface area contributed by atoms with Gasteiger partial charge >= 0.3 is 0 Å². The van der Waals surface area contributed by atoms with Gasteiger partial charge in [0, 0.05) is 51.7 Å². The van der Waals surface area contributed by atoms with Crippen LogP contribution < -0.4 is 5.32 Å². The van der Waals surface area contributed by atoms with Crippen LogP contribution in [0.25, 0.3) is 0 Å². The van der Waals surface area contributed by atoms with Crippen molar-refractivity contribution in [3.63, 3.8) is 0 Å². The topological polar surface area (TPSA) is 55.8 Å². The summed E-state index contributed by atoms with van der Waals surface area (Å²) < 4.78 is 0. The van der Waals surface area contributed by atoms with Gasteiger partial charge in [-0.25, -0.2) is 0 Å². The van der Waals surface area contributed by atoms with Crippen LogP contribution in [0.3, 0.4) is 0 Å². The number of carbonyl (C=O) groups excluding carboxylic acids is 1. The molecule has 0 saturated carbocycles.